The number of hydrogen-bond acceptors (Lipinski definition) is 4. The minimum Gasteiger partial charge on any atom is -0.504 e. The van der Waals surface area contributed by atoms with E-state index >= 15 is 0 Å². The van der Waals surface area contributed by atoms with Gasteiger partial charge in [0.15, 0.2) is 11.5 Å². The van der Waals surface area contributed by atoms with Crippen LogP contribution in [0.4, 0.5) is 0 Å². The number of ether oxygens (including phenoxy) is 1. The van der Waals surface area contributed by atoms with E-state index in [4.69, 9.17) is 4.74 Å². The van der Waals surface area contributed by atoms with E-state index in [2.05, 4.69) is 6.92 Å². The third kappa shape index (κ3) is 7.71. The van der Waals surface area contributed by atoms with E-state index in [0.717, 1.165) is 19.3 Å². The average molecular weight is 421 g/mol. The molecule has 2 N–H and O–H groups in total. The van der Waals surface area contributed by atoms with Crippen molar-refractivity contribution in [3.8, 4) is 17.2 Å². The van der Waals surface area contributed by atoms with Gasteiger partial charge in [-0.1, -0.05) is 76.5 Å². The molecular formula is C23H32O5S. The van der Waals surface area contributed by atoms with Crippen molar-refractivity contribution >= 4 is 10.1 Å². The van der Waals surface area contributed by atoms with Gasteiger partial charge < -0.3 is 9.84 Å². The number of benzene rings is 2. The Morgan fingerprint density at radius 1 is 0.828 bits per heavy atom. The molecule has 0 saturated heterocycles. The van der Waals surface area contributed by atoms with Crippen molar-refractivity contribution in [2.45, 2.75) is 76.0 Å². The summed E-state index contributed by atoms with van der Waals surface area (Å²) >= 11 is 0. The number of phenols is 1. The molecule has 0 aromatic heterocycles. The SMILES string of the molecule is CCCCCCCCCCCc1c(S(=O)(=O)O)ccc(O)c1Oc1ccccc1. The van der Waals surface area contributed by atoms with Gasteiger partial charge in [0.2, 0.25) is 0 Å². The maximum Gasteiger partial charge on any atom is 0.294 e. The first-order chi connectivity index (χ1) is 13.9. The Labute approximate surface area is 174 Å². The van der Waals surface area contributed by atoms with Crippen LogP contribution in [0.5, 0.6) is 17.2 Å². The molecule has 2 rings (SSSR count). The fourth-order valence-corrected chi connectivity index (χ4v) is 4.15. The highest BCUT2D eigenvalue weighted by atomic mass is 32.2. The lowest BCUT2D eigenvalue weighted by molar-refractivity contribution is 0.403. The Bertz CT molecular complexity index is 847. The topological polar surface area (TPSA) is 83.8 Å². The number of rotatable bonds is 13. The van der Waals surface area contributed by atoms with Crippen molar-refractivity contribution < 1.29 is 22.8 Å². The van der Waals surface area contributed by atoms with Crippen LogP contribution in [-0.2, 0) is 16.5 Å². The fraction of sp³-hybridized carbons (Fsp3) is 0.478. The second-order valence-electron chi connectivity index (χ2n) is 7.36. The molecule has 0 spiro atoms. The molecule has 0 unspecified atom stereocenters. The van der Waals surface area contributed by atoms with Crippen LogP contribution >= 0.6 is 0 Å². The molecule has 5 nitrogen and oxygen atoms in total. The second kappa shape index (κ2) is 11.8. The van der Waals surface area contributed by atoms with Crippen molar-refractivity contribution in [1.29, 1.82) is 0 Å². The number of para-hydroxylation sites is 1. The predicted octanol–water partition coefficient (Wildman–Crippen LogP) is 6.50. The fourth-order valence-electron chi connectivity index (χ4n) is 3.41. The largest absolute Gasteiger partial charge is 0.504 e. The summed E-state index contributed by atoms with van der Waals surface area (Å²) in [7, 11) is -4.42. The molecule has 29 heavy (non-hydrogen) atoms. The molecule has 0 aliphatic carbocycles. The summed E-state index contributed by atoms with van der Waals surface area (Å²) in [6.45, 7) is 2.21. The molecule has 0 amide bonds. The van der Waals surface area contributed by atoms with E-state index in [0.29, 0.717) is 17.7 Å². The minimum atomic E-state index is -4.42. The minimum absolute atomic E-state index is 0.0888. The van der Waals surface area contributed by atoms with Crippen LogP contribution in [0.25, 0.3) is 0 Å². The molecule has 0 bridgehead atoms. The van der Waals surface area contributed by atoms with Gasteiger partial charge in [-0.15, -0.1) is 0 Å². The van der Waals surface area contributed by atoms with Crippen LogP contribution in [0.15, 0.2) is 47.4 Å². The molecule has 6 heteroatoms. The summed E-state index contributed by atoms with van der Waals surface area (Å²) < 4.78 is 39.1. The van der Waals surface area contributed by atoms with Crippen molar-refractivity contribution in [3.05, 3.63) is 48.0 Å². The molecule has 160 valence electrons. The maximum absolute atomic E-state index is 11.8. The highest BCUT2D eigenvalue weighted by molar-refractivity contribution is 7.85. The lowest BCUT2D eigenvalue weighted by atomic mass is 10.0. The first-order valence-electron chi connectivity index (χ1n) is 10.5. The van der Waals surface area contributed by atoms with Crippen LogP contribution in [0.1, 0.15) is 70.3 Å². The zero-order valence-corrected chi connectivity index (χ0v) is 18.0. The highest BCUT2D eigenvalue weighted by Gasteiger charge is 2.22. The summed E-state index contributed by atoms with van der Waals surface area (Å²) in [6, 6.07) is 11.3. The standard InChI is InChI=1S/C23H32O5S/c1-2-3-4-5-6-7-8-9-13-16-20-22(29(25,26)27)18-17-21(24)23(20)28-19-14-11-10-12-15-19/h10-12,14-15,17-18,24H,2-9,13,16H2,1H3,(H,25,26,27). The second-order valence-corrected chi connectivity index (χ2v) is 8.75. The highest BCUT2D eigenvalue weighted by Crippen LogP contribution is 2.39. The van der Waals surface area contributed by atoms with E-state index in [1.54, 1.807) is 24.3 Å². The number of phenolic OH excluding ortho intramolecular Hbond substituents is 1. The normalized spacial score (nSPS) is 11.5. The van der Waals surface area contributed by atoms with E-state index < -0.39 is 10.1 Å². The molecule has 2 aromatic carbocycles. The van der Waals surface area contributed by atoms with Gasteiger partial charge >= 0.3 is 0 Å². The van der Waals surface area contributed by atoms with Gasteiger partial charge in [0.1, 0.15) is 10.6 Å². The third-order valence-electron chi connectivity index (χ3n) is 4.97. The number of aromatic hydroxyl groups is 1. The van der Waals surface area contributed by atoms with Crippen molar-refractivity contribution in [3.63, 3.8) is 0 Å². The molecule has 0 aliphatic heterocycles. The van der Waals surface area contributed by atoms with Crippen molar-refractivity contribution in [1.82, 2.24) is 0 Å². The van der Waals surface area contributed by atoms with Gasteiger partial charge in [0, 0.05) is 5.56 Å². The van der Waals surface area contributed by atoms with E-state index in [9.17, 15) is 18.1 Å². The van der Waals surface area contributed by atoms with Gasteiger partial charge in [0.05, 0.1) is 0 Å². The zero-order valence-electron chi connectivity index (χ0n) is 17.1. The van der Waals surface area contributed by atoms with E-state index in [1.165, 1.54) is 50.7 Å². The number of hydrogen-bond donors (Lipinski definition) is 2. The molecule has 0 radical (unpaired) electrons. The number of unbranched alkanes of at least 4 members (excludes halogenated alkanes) is 8. The van der Waals surface area contributed by atoms with Gasteiger partial charge in [0.25, 0.3) is 10.1 Å². The first kappa shape index (κ1) is 23.2. The average Bonchev–Trinajstić information content (AvgIpc) is 2.69. The molecule has 2 aromatic rings. The summed E-state index contributed by atoms with van der Waals surface area (Å²) in [5, 5.41) is 10.3. The van der Waals surface area contributed by atoms with Gasteiger partial charge in [-0.2, -0.15) is 8.42 Å². The van der Waals surface area contributed by atoms with Gasteiger partial charge in [-0.25, -0.2) is 0 Å². The molecule has 0 heterocycles. The van der Waals surface area contributed by atoms with Crippen LogP contribution in [0, 0.1) is 0 Å². The van der Waals surface area contributed by atoms with E-state index in [-0.39, 0.29) is 16.4 Å². The quantitative estimate of drug-likeness (QED) is 0.285. The van der Waals surface area contributed by atoms with E-state index in [1.807, 2.05) is 6.07 Å². The molecular weight excluding hydrogens is 388 g/mol. The van der Waals surface area contributed by atoms with Crippen molar-refractivity contribution in [2.24, 2.45) is 0 Å². The predicted molar refractivity (Wildman–Crippen MR) is 115 cm³/mol. The molecule has 0 atom stereocenters. The first-order valence-corrected chi connectivity index (χ1v) is 11.9. The molecule has 0 aliphatic rings. The van der Waals surface area contributed by atoms with Crippen LogP contribution in [0.2, 0.25) is 0 Å². The zero-order chi connectivity index (χ0) is 21.1. The Hall–Kier alpha value is -2.05. The van der Waals surface area contributed by atoms with Crippen LogP contribution in [-0.4, -0.2) is 18.1 Å². The van der Waals surface area contributed by atoms with Gasteiger partial charge in [-0.3, -0.25) is 4.55 Å². The third-order valence-corrected chi connectivity index (χ3v) is 5.91. The Balaban J connectivity index is 2.05. The summed E-state index contributed by atoms with van der Waals surface area (Å²) in [4.78, 5) is -0.208. The molecule has 0 fully saturated rings. The van der Waals surface area contributed by atoms with Crippen LogP contribution < -0.4 is 4.74 Å². The van der Waals surface area contributed by atoms with Crippen LogP contribution in [0.3, 0.4) is 0 Å². The summed E-state index contributed by atoms with van der Waals surface area (Å²) in [5.41, 5.74) is 0.319. The Morgan fingerprint density at radius 2 is 1.41 bits per heavy atom. The van der Waals surface area contributed by atoms with Gasteiger partial charge in [-0.05, 0) is 37.1 Å². The summed E-state index contributed by atoms with van der Waals surface area (Å²) in [5.74, 6) is 0.432. The molecule has 0 saturated carbocycles. The maximum atomic E-state index is 11.8. The Kier molecular flexibility index (Phi) is 9.48. The summed E-state index contributed by atoms with van der Waals surface area (Å²) in [6.07, 6.45) is 10.7. The van der Waals surface area contributed by atoms with Crippen molar-refractivity contribution in [2.75, 3.05) is 0 Å². The lowest BCUT2D eigenvalue weighted by Gasteiger charge is -2.16. The monoisotopic (exact) mass is 420 g/mol. The Morgan fingerprint density at radius 3 is 2.00 bits per heavy atom. The lowest BCUT2D eigenvalue weighted by Crippen LogP contribution is -2.05. The smallest absolute Gasteiger partial charge is 0.294 e.